The van der Waals surface area contributed by atoms with E-state index in [1.807, 2.05) is 23.9 Å². The van der Waals surface area contributed by atoms with E-state index in [1.165, 1.54) is 0 Å². The van der Waals surface area contributed by atoms with Crippen molar-refractivity contribution in [3.8, 4) is 11.3 Å². The van der Waals surface area contributed by atoms with Crippen LogP contribution in [0.2, 0.25) is 0 Å². The summed E-state index contributed by atoms with van der Waals surface area (Å²) >= 11 is 0. The smallest absolute Gasteiger partial charge is 0.225 e. The Balaban J connectivity index is 1.93. The molecule has 2 aromatic heterocycles. The summed E-state index contributed by atoms with van der Waals surface area (Å²) in [5.41, 5.74) is 4.17. The molecule has 6 nitrogen and oxygen atoms in total. The second-order valence-corrected chi connectivity index (χ2v) is 6.24. The lowest BCUT2D eigenvalue weighted by Crippen LogP contribution is -2.37. The molecule has 124 valence electrons. The summed E-state index contributed by atoms with van der Waals surface area (Å²) in [6, 6.07) is 1.95. The van der Waals surface area contributed by atoms with Gasteiger partial charge in [0.2, 0.25) is 5.95 Å². The second-order valence-electron chi connectivity index (χ2n) is 6.24. The molecule has 1 fully saturated rings. The number of aliphatic hydroxyl groups excluding tert-OH is 1. The van der Waals surface area contributed by atoms with Crippen LogP contribution in [-0.4, -0.2) is 44.6 Å². The summed E-state index contributed by atoms with van der Waals surface area (Å²) in [4.78, 5) is 11.4. The van der Waals surface area contributed by atoms with Gasteiger partial charge in [-0.2, -0.15) is 5.10 Å². The number of aromatic nitrogens is 4. The third-order valence-corrected chi connectivity index (χ3v) is 4.64. The lowest BCUT2D eigenvalue weighted by atomic mass is 9.99. The SMILES string of the molecule is CCn1nc(C)c(-c2ccnc(N3CCC[C@H](CO)C3)n2)c1C. The number of hydrogen-bond acceptors (Lipinski definition) is 5. The fraction of sp³-hybridized carbons (Fsp3) is 0.588. The zero-order chi connectivity index (χ0) is 16.4. The van der Waals surface area contributed by atoms with Gasteiger partial charge in [0.1, 0.15) is 0 Å². The zero-order valence-corrected chi connectivity index (χ0v) is 14.2. The van der Waals surface area contributed by atoms with Crippen LogP contribution < -0.4 is 4.90 Å². The first-order chi connectivity index (χ1) is 11.1. The Labute approximate surface area is 137 Å². The molecule has 3 rings (SSSR count). The van der Waals surface area contributed by atoms with Crippen LogP contribution in [0.25, 0.3) is 11.3 Å². The van der Waals surface area contributed by atoms with E-state index in [4.69, 9.17) is 4.98 Å². The second kappa shape index (κ2) is 6.66. The van der Waals surface area contributed by atoms with E-state index in [1.54, 1.807) is 0 Å². The first kappa shape index (κ1) is 15.9. The van der Waals surface area contributed by atoms with Crippen molar-refractivity contribution < 1.29 is 5.11 Å². The van der Waals surface area contributed by atoms with Gasteiger partial charge in [-0.05, 0) is 45.6 Å². The van der Waals surface area contributed by atoms with Crippen molar-refractivity contribution in [2.24, 2.45) is 5.92 Å². The van der Waals surface area contributed by atoms with Gasteiger partial charge in [0, 0.05) is 43.7 Å². The molecule has 6 heteroatoms. The summed E-state index contributed by atoms with van der Waals surface area (Å²) in [5, 5.41) is 14.0. The molecule has 0 spiro atoms. The van der Waals surface area contributed by atoms with Crippen LogP contribution >= 0.6 is 0 Å². The predicted molar refractivity (Wildman–Crippen MR) is 90.4 cm³/mol. The van der Waals surface area contributed by atoms with E-state index < -0.39 is 0 Å². The first-order valence-corrected chi connectivity index (χ1v) is 8.37. The van der Waals surface area contributed by atoms with Crippen molar-refractivity contribution in [1.29, 1.82) is 0 Å². The number of hydrogen-bond donors (Lipinski definition) is 1. The molecule has 1 aliphatic heterocycles. The Hall–Kier alpha value is -1.95. The summed E-state index contributed by atoms with van der Waals surface area (Å²) < 4.78 is 2.01. The van der Waals surface area contributed by atoms with E-state index in [0.717, 1.165) is 61.1 Å². The Kier molecular flexibility index (Phi) is 4.61. The largest absolute Gasteiger partial charge is 0.396 e. The van der Waals surface area contributed by atoms with Crippen LogP contribution in [0, 0.1) is 19.8 Å². The van der Waals surface area contributed by atoms with Crippen LogP contribution in [-0.2, 0) is 6.54 Å². The van der Waals surface area contributed by atoms with Crippen molar-refractivity contribution in [2.75, 3.05) is 24.6 Å². The van der Waals surface area contributed by atoms with E-state index in [-0.39, 0.29) is 6.61 Å². The normalized spacial score (nSPS) is 18.4. The molecule has 0 saturated carbocycles. The van der Waals surface area contributed by atoms with E-state index in [2.05, 4.69) is 28.8 Å². The molecule has 1 N–H and O–H groups in total. The van der Waals surface area contributed by atoms with Gasteiger partial charge in [-0.25, -0.2) is 9.97 Å². The van der Waals surface area contributed by atoms with Gasteiger partial charge in [0.25, 0.3) is 0 Å². The predicted octanol–water partition coefficient (Wildman–Crippen LogP) is 2.19. The topological polar surface area (TPSA) is 67.1 Å². The van der Waals surface area contributed by atoms with Gasteiger partial charge < -0.3 is 10.0 Å². The van der Waals surface area contributed by atoms with E-state index in [0.29, 0.717) is 5.92 Å². The van der Waals surface area contributed by atoms with Crippen molar-refractivity contribution in [3.05, 3.63) is 23.7 Å². The number of aryl methyl sites for hydroxylation is 2. The van der Waals surface area contributed by atoms with Crippen LogP contribution in [0.4, 0.5) is 5.95 Å². The fourth-order valence-electron chi connectivity index (χ4n) is 3.41. The Morgan fingerprint density at radius 1 is 1.35 bits per heavy atom. The highest BCUT2D eigenvalue weighted by Gasteiger charge is 2.22. The molecular formula is C17H25N5O. The van der Waals surface area contributed by atoms with Gasteiger partial charge in [0.15, 0.2) is 0 Å². The monoisotopic (exact) mass is 315 g/mol. The van der Waals surface area contributed by atoms with Crippen molar-refractivity contribution in [3.63, 3.8) is 0 Å². The molecule has 1 atom stereocenters. The fourth-order valence-corrected chi connectivity index (χ4v) is 3.41. The first-order valence-electron chi connectivity index (χ1n) is 8.37. The van der Waals surface area contributed by atoms with Gasteiger partial charge in [-0.15, -0.1) is 0 Å². The average molecular weight is 315 g/mol. The number of anilines is 1. The third kappa shape index (κ3) is 3.08. The highest BCUT2D eigenvalue weighted by Crippen LogP contribution is 2.27. The standard InChI is InChI=1S/C17H25N5O/c1-4-22-13(3)16(12(2)20-22)15-7-8-18-17(19-15)21-9-5-6-14(10-21)11-23/h7-8,14,23H,4-6,9-11H2,1-3H3/t14-/m0/s1. The molecule has 1 aliphatic rings. The highest BCUT2D eigenvalue weighted by molar-refractivity contribution is 5.65. The minimum Gasteiger partial charge on any atom is -0.396 e. The van der Waals surface area contributed by atoms with E-state index in [9.17, 15) is 5.11 Å². The summed E-state index contributed by atoms with van der Waals surface area (Å²) in [5.74, 6) is 1.08. The molecular weight excluding hydrogens is 290 g/mol. The Morgan fingerprint density at radius 3 is 2.87 bits per heavy atom. The molecule has 0 aromatic carbocycles. The zero-order valence-electron chi connectivity index (χ0n) is 14.2. The minimum atomic E-state index is 0.234. The maximum atomic E-state index is 9.41. The quantitative estimate of drug-likeness (QED) is 0.937. The summed E-state index contributed by atoms with van der Waals surface area (Å²) in [7, 11) is 0. The van der Waals surface area contributed by atoms with Gasteiger partial charge in [-0.1, -0.05) is 0 Å². The maximum Gasteiger partial charge on any atom is 0.225 e. The molecule has 23 heavy (non-hydrogen) atoms. The van der Waals surface area contributed by atoms with Crippen LogP contribution in [0.5, 0.6) is 0 Å². The number of aliphatic hydroxyl groups is 1. The van der Waals surface area contributed by atoms with Gasteiger partial charge >= 0.3 is 0 Å². The lowest BCUT2D eigenvalue weighted by Gasteiger charge is -2.31. The van der Waals surface area contributed by atoms with E-state index >= 15 is 0 Å². The van der Waals surface area contributed by atoms with Gasteiger partial charge in [0.05, 0.1) is 11.4 Å². The Morgan fingerprint density at radius 2 is 2.17 bits per heavy atom. The van der Waals surface area contributed by atoms with Crippen molar-refractivity contribution >= 4 is 5.95 Å². The van der Waals surface area contributed by atoms with Gasteiger partial charge in [-0.3, -0.25) is 4.68 Å². The molecule has 3 heterocycles. The minimum absolute atomic E-state index is 0.234. The highest BCUT2D eigenvalue weighted by atomic mass is 16.3. The molecule has 0 amide bonds. The third-order valence-electron chi connectivity index (χ3n) is 4.64. The molecule has 1 saturated heterocycles. The molecule has 0 unspecified atom stereocenters. The number of rotatable bonds is 4. The maximum absolute atomic E-state index is 9.41. The number of nitrogens with zero attached hydrogens (tertiary/aromatic N) is 5. The number of piperidine rings is 1. The lowest BCUT2D eigenvalue weighted by molar-refractivity contribution is 0.208. The molecule has 0 radical (unpaired) electrons. The van der Waals surface area contributed by atoms with Crippen molar-refractivity contribution in [1.82, 2.24) is 19.7 Å². The van der Waals surface area contributed by atoms with Crippen LogP contribution in [0.15, 0.2) is 12.3 Å². The molecule has 2 aromatic rings. The summed E-state index contributed by atoms with van der Waals surface area (Å²) in [6.07, 6.45) is 3.97. The van der Waals surface area contributed by atoms with Crippen molar-refractivity contribution in [2.45, 2.75) is 40.2 Å². The van der Waals surface area contributed by atoms with Crippen LogP contribution in [0.3, 0.4) is 0 Å². The Bertz CT molecular complexity index is 682. The average Bonchev–Trinajstić information content (AvgIpc) is 2.88. The van der Waals surface area contributed by atoms with Crippen LogP contribution in [0.1, 0.15) is 31.2 Å². The summed E-state index contributed by atoms with van der Waals surface area (Å²) in [6.45, 7) is 9.07. The molecule has 0 bridgehead atoms. The molecule has 0 aliphatic carbocycles.